The Kier molecular flexibility index (Phi) is 9.51. The van der Waals surface area contributed by atoms with Crippen molar-refractivity contribution in [1.82, 2.24) is 14.9 Å². The molecule has 0 aliphatic heterocycles. The Morgan fingerprint density at radius 3 is 2.38 bits per heavy atom. The number of imidazole rings is 1. The summed E-state index contributed by atoms with van der Waals surface area (Å²) >= 11 is 1.77. The second kappa shape index (κ2) is 12.6. The summed E-state index contributed by atoms with van der Waals surface area (Å²) in [6, 6.07) is 11.1. The second-order valence-electron chi connectivity index (χ2n) is 8.77. The summed E-state index contributed by atoms with van der Waals surface area (Å²) in [6.45, 7) is 4.48. The van der Waals surface area contributed by atoms with Crippen molar-refractivity contribution >= 4 is 34.4 Å². The number of nitrogens with zero attached hydrogens (tertiary/aromatic N) is 2. The van der Waals surface area contributed by atoms with E-state index < -0.39 is 6.16 Å². The molecule has 0 saturated heterocycles. The lowest BCUT2D eigenvalue weighted by molar-refractivity contribution is 0.0933. The third-order valence-electron chi connectivity index (χ3n) is 6.44. The zero-order valence-corrected chi connectivity index (χ0v) is 20.8. The number of rotatable bonds is 7. The Morgan fingerprint density at radius 2 is 1.79 bits per heavy atom. The predicted molar refractivity (Wildman–Crippen MR) is 136 cm³/mol. The van der Waals surface area contributed by atoms with Crippen LogP contribution in [0.5, 0.6) is 0 Å². The van der Waals surface area contributed by atoms with Gasteiger partial charge in [-0.05, 0) is 55.3 Å². The van der Waals surface area contributed by atoms with Gasteiger partial charge < -0.3 is 20.1 Å². The molecule has 1 aromatic carbocycles. The first-order chi connectivity index (χ1) is 16.4. The first kappa shape index (κ1) is 25.7. The van der Waals surface area contributed by atoms with Gasteiger partial charge in [0.1, 0.15) is 5.82 Å². The van der Waals surface area contributed by atoms with Crippen LogP contribution in [0.1, 0.15) is 92.3 Å². The number of carbonyl (C=O) groups is 2. The number of nitrogens with one attached hydrogen (secondary N) is 1. The Morgan fingerprint density at radius 1 is 1.12 bits per heavy atom. The number of amides is 1. The number of hydrogen-bond acceptors (Lipinski definition) is 4. The Labute approximate surface area is 204 Å². The molecule has 0 radical (unpaired) electrons. The van der Waals surface area contributed by atoms with E-state index in [4.69, 9.17) is 20.0 Å². The SMILES string of the molecule is CCC(CC)n1c(Cc2cccs2)nc2cc(C(=O)NC3CCCCCC3)ccc21.O=C(O)O. The predicted octanol–water partition coefficient (Wildman–Crippen LogP) is 6.72. The van der Waals surface area contributed by atoms with E-state index in [2.05, 4.69) is 47.3 Å². The van der Waals surface area contributed by atoms with Gasteiger partial charge in [0, 0.05) is 28.9 Å². The van der Waals surface area contributed by atoms with E-state index in [9.17, 15) is 4.79 Å². The van der Waals surface area contributed by atoms with Crippen LogP contribution in [-0.2, 0) is 6.42 Å². The minimum atomic E-state index is -1.83. The lowest BCUT2D eigenvalue weighted by Crippen LogP contribution is -2.34. The summed E-state index contributed by atoms with van der Waals surface area (Å²) in [5, 5.41) is 19.3. The van der Waals surface area contributed by atoms with Crippen LogP contribution in [0.15, 0.2) is 35.7 Å². The van der Waals surface area contributed by atoms with Gasteiger partial charge in [-0.25, -0.2) is 9.78 Å². The molecule has 0 atom stereocenters. The van der Waals surface area contributed by atoms with E-state index in [1.165, 1.54) is 30.6 Å². The van der Waals surface area contributed by atoms with Crippen LogP contribution in [-0.4, -0.2) is 37.9 Å². The summed E-state index contributed by atoms with van der Waals surface area (Å²) in [6.07, 6.45) is 8.37. The maximum Gasteiger partial charge on any atom is 0.503 e. The summed E-state index contributed by atoms with van der Waals surface area (Å²) in [5.41, 5.74) is 2.80. The summed E-state index contributed by atoms with van der Waals surface area (Å²) in [7, 11) is 0. The van der Waals surface area contributed by atoms with Crippen molar-refractivity contribution in [3.8, 4) is 0 Å². The van der Waals surface area contributed by atoms with Gasteiger partial charge >= 0.3 is 6.16 Å². The van der Waals surface area contributed by atoms with Crippen LogP contribution in [0, 0.1) is 0 Å². The van der Waals surface area contributed by atoms with Crippen molar-refractivity contribution in [2.45, 2.75) is 83.7 Å². The highest BCUT2D eigenvalue weighted by atomic mass is 32.1. The third-order valence-corrected chi connectivity index (χ3v) is 7.31. The molecule has 8 heteroatoms. The van der Waals surface area contributed by atoms with E-state index in [1.807, 2.05) is 12.1 Å². The Hall–Kier alpha value is -2.87. The van der Waals surface area contributed by atoms with Gasteiger partial charge in [-0.2, -0.15) is 0 Å². The fourth-order valence-electron chi connectivity index (χ4n) is 4.74. The van der Waals surface area contributed by atoms with Crippen LogP contribution < -0.4 is 5.32 Å². The molecule has 0 unspecified atom stereocenters. The van der Waals surface area contributed by atoms with Gasteiger partial charge in [0.15, 0.2) is 0 Å². The molecule has 2 aromatic heterocycles. The van der Waals surface area contributed by atoms with Gasteiger partial charge in [-0.1, -0.05) is 45.6 Å². The molecule has 2 heterocycles. The van der Waals surface area contributed by atoms with Gasteiger partial charge in [0.2, 0.25) is 0 Å². The molecule has 34 heavy (non-hydrogen) atoms. The monoisotopic (exact) mass is 485 g/mol. The molecule has 1 saturated carbocycles. The molecule has 3 N–H and O–H groups in total. The first-order valence-corrected chi connectivity index (χ1v) is 13.1. The number of thiophene rings is 1. The fourth-order valence-corrected chi connectivity index (χ4v) is 5.44. The van der Waals surface area contributed by atoms with Crippen LogP contribution in [0.3, 0.4) is 0 Å². The lowest BCUT2D eigenvalue weighted by Gasteiger charge is -2.19. The van der Waals surface area contributed by atoms with E-state index >= 15 is 0 Å². The number of carbonyl (C=O) groups excluding carboxylic acids is 1. The number of aromatic nitrogens is 2. The summed E-state index contributed by atoms with van der Waals surface area (Å²) in [4.78, 5) is 27.8. The number of carboxylic acid groups (broad SMARTS) is 2. The maximum atomic E-state index is 12.9. The zero-order chi connectivity index (χ0) is 24.5. The van der Waals surface area contributed by atoms with Crippen molar-refractivity contribution in [2.24, 2.45) is 0 Å². The first-order valence-electron chi connectivity index (χ1n) is 12.2. The van der Waals surface area contributed by atoms with Crippen molar-refractivity contribution < 1.29 is 19.8 Å². The van der Waals surface area contributed by atoms with Gasteiger partial charge in [0.05, 0.1) is 11.0 Å². The highest BCUT2D eigenvalue weighted by Gasteiger charge is 2.20. The molecule has 0 bridgehead atoms. The molecule has 1 amide bonds. The molecule has 184 valence electrons. The smallest absolute Gasteiger partial charge is 0.450 e. The standard InChI is InChI=1S/C25H33N3OS.CH2O3/c1-3-20(4-2)28-23-14-13-18(25(29)26-19-10-7-5-6-8-11-19)16-22(23)27-24(28)17-21-12-9-15-30-21;2-1(3)4/h9,12-16,19-20H,3-8,10-11,17H2,1-2H3,(H,26,29);(H2,2,3,4). The third kappa shape index (κ3) is 6.82. The summed E-state index contributed by atoms with van der Waals surface area (Å²) in [5.74, 6) is 1.14. The molecule has 1 fully saturated rings. The molecule has 4 rings (SSSR count). The van der Waals surface area contributed by atoms with Gasteiger partial charge in [0.25, 0.3) is 5.91 Å². The Bertz CT molecular complexity index is 1060. The lowest BCUT2D eigenvalue weighted by atomic mass is 10.1. The fraction of sp³-hybridized carbons (Fsp3) is 0.500. The van der Waals surface area contributed by atoms with Crippen LogP contribution >= 0.6 is 11.3 Å². The molecule has 7 nitrogen and oxygen atoms in total. The second-order valence-corrected chi connectivity index (χ2v) is 9.80. The molecule has 0 spiro atoms. The molecular weight excluding hydrogens is 450 g/mol. The highest BCUT2D eigenvalue weighted by molar-refractivity contribution is 7.09. The van der Waals surface area contributed by atoms with E-state index in [1.54, 1.807) is 11.3 Å². The van der Waals surface area contributed by atoms with Crippen LogP contribution in [0.4, 0.5) is 4.79 Å². The number of benzene rings is 1. The van der Waals surface area contributed by atoms with Gasteiger partial charge in [-0.3, -0.25) is 4.79 Å². The van der Waals surface area contributed by atoms with E-state index in [0.29, 0.717) is 12.1 Å². The number of fused-ring (bicyclic) bond motifs is 1. The maximum absolute atomic E-state index is 12.9. The average Bonchev–Trinajstić information content (AvgIpc) is 3.35. The van der Waals surface area contributed by atoms with Gasteiger partial charge in [-0.15, -0.1) is 11.3 Å². The van der Waals surface area contributed by atoms with E-state index in [-0.39, 0.29) is 5.91 Å². The van der Waals surface area contributed by atoms with Crippen LogP contribution in [0.25, 0.3) is 11.0 Å². The van der Waals surface area contributed by atoms with Crippen molar-refractivity contribution in [3.05, 3.63) is 52.0 Å². The van der Waals surface area contributed by atoms with Crippen molar-refractivity contribution in [3.63, 3.8) is 0 Å². The average molecular weight is 486 g/mol. The topological polar surface area (TPSA) is 104 Å². The van der Waals surface area contributed by atoms with Crippen molar-refractivity contribution in [2.75, 3.05) is 0 Å². The quantitative estimate of drug-likeness (QED) is 0.322. The molecule has 1 aliphatic rings. The molecule has 3 aromatic rings. The highest BCUT2D eigenvalue weighted by Crippen LogP contribution is 2.28. The Balaban J connectivity index is 0.000000751. The van der Waals surface area contributed by atoms with Crippen LogP contribution in [0.2, 0.25) is 0 Å². The number of hydrogen-bond donors (Lipinski definition) is 3. The summed E-state index contributed by atoms with van der Waals surface area (Å²) < 4.78 is 2.40. The molecular formula is C26H35N3O4S. The minimum Gasteiger partial charge on any atom is -0.450 e. The zero-order valence-electron chi connectivity index (χ0n) is 20.0. The van der Waals surface area contributed by atoms with Crippen molar-refractivity contribution in [1.29, 1.82) is 0 Å². The minimum absolute atomic E-state index is 0.0423. The van der Waals surface area contributed by atoms with E-state index in [0.717, 1.165) is 54.5 Å². The largest absolute Gasteiger partial charge is 0.503 e. The molecule has 1 aliphatic carbocycles. The normalized spacial score (nSPS) is 14.4.